The molecule has 0 spiro atoms. The maximum Gasteiger partial charge on any atom is 0.424 e. The number of rotatable bonds is 4. The van der Waals surface area contributed by atoms with Crippen LogP contribution in [0.5, 0.6) is 11.6 Å². The van der Waals surface area contributed by atoms with Gasteiger partial charge in [-0.25, -0.2) is 14.8 Å². The number of nitrogens with one attached hydrogen (secondary N) is 1. The van der Waals surface area contributed by atoms with Crippen molar-refractivity contribution >= 4 is 17.5 Å². The van der Waals surface area contributed by atoms with Crippen molar-refractivity contribution in [3.8, 4) is 11.6 Å². The fraction of sp³-hybridized carbons (Fsp3) is 0.167. The monoisotopic (exact) mass is 353 g/mol. The summed E-state index contributed by atoms with van der Waals surface area (Å²) < 4.78 is 6.48. The molecule has 8 nitrogen and oxygen atoms in total. The van der Waals surface area contributed by atoms with Crippen LogP contribution < -0.4 is 15.2 Å². The number of aryl methyl sites for hydroxylation is 2. The van der Waals surface area contributed by atoms with Crippen LogP contribution in [-0.4, -0.2) is 32.8 Å². The van der Waals surface area contributed by atoms with Crippen LogP contribution in [-0.2, 0) is 0 Å². The Labute approximate surface area is 150 Å². The fourth-order valence-electron chi connectivity index (χ4n) is 2.46. The van der Waals surface area contributed by atoms with Crippen molar-refractivity contribution in [2.45, 2.75) is 13.8 Å². The van der Waals surface area contributed by atoms with Crippen LogP contribution >= 0.6 is 0 Å². The number of hydrogen-bond acceptors (Lipinski definition) is 7. The van der Waals surface area contributed by atoms with Crippen molar-refractivity contribution in [2.75, 3.05) is 17.5 Å². The summed E-state index contributed by atoms with van der Waals surface area (Å²) in [5.74, 6) is 0.471. The fourth-order valence-corrected chi connectivity index (χ4v) is 2.46. The van der Waals surface area contributed by atoms with Crippen molar-refractivity contribution in [3.05, 3.63) is 60.3 Å². The Bertz CT molecular complexity index is 901. The molecular weight excluding hydrogens is 334 g/mol. The summed E-state index contributed by atoms with van der Waals surface area (Å²) in [7, 11) is 1.83. The van der Waals surface area contributed by atoms with Gasteiger partial charge in [0.1, 0.15) is 12.1 Å². The minimum atomic E-state index is -0.570. The van der Waals surface area contributed by atoms with Crippen molar-refractivity contribution in [1.82, 2.24) is 14.5 Å². The largest absolute Gasteiger partial charge is 0.507 e. The van der Waals surface area contributed by atoms with Crippen LogP contribution in [0.1, 0.15) is 11.1 Å². The number of anilines is 2. The number of hydrogen-bond donors (Lipinski definition) is 2. The standard InChI is InChI=1S/C18H19N5O3/c1-12-8-14(9-13(2)17(12)24)21-22(3)15-5-7-23(10-15)18(25)26-16-4-6-19-11-20-16/h4-11,21,24H,1-3H3. The van der Waals surface area contributed by atoms with E-state index < -0.39 is 6.09 Å². The van der Waals surface area contributed by atoms with Crippen LogP contribution in [0.15, 0.2) is 49.2 Å². The van der Waals surface area contributed by atoms with Gasteiger partial charge in [0.15, 0.2) is 0 Å². The van der Waals surface area contributed by atoms with Gasteiger partial charge >= 0.3 is 6.09 Å². The molecule has 2 aromatic heterocycles. The van der Waals surface area contributed by atoms with E-state index in [4.69, 9.17) is 4.74 Å². The van der Waals surface area contributed by atoms with Crippen LogP contribution in [0.2, 0.25) is 0 Å². The van der Waals surface area contributed by atoms with Gasteiger partial charge in [-0.2, -0.15) is 0 Å². The number of hydrazine groups is 1. The number of benzene rings is 1. The van der Waals surface area contributed by atoms with Gasteiger partial charge in [0.25, 0.3) is 0 Å². The summed E-state index contributed by atoms with van der Waals surface area (Å²) in [4.78, 5) is 19.8. The van der Waals surface area contributed by atoms with Crippen LogP contribution in [0.3, 0.4) is 0 Å². The Morgan fingerprint density at radius 2 is 2.00 bits per heavy atom. The molecule has 0 bridgehead atoms. The molecule has 1 aromatic carbocycles. The first-order chi connectivity index (χ1) is 12.4. The summed E-state index contributed by atoms with van der Waals surface area (Å²) in [6, 6.07) is 6.97. The molecule has 0 amide bonds. The SMILES string of the molecule is Cc1cc(NN(C)c2ccn(C(=O)Oc3ccncn3)c2)cc(C)c1O. The molecule has 3 rings (SSSR count). The zero-order valence-corrected chi connectivity index (χ0v) is 14.7. The van der Waals surface area contributed by atoms with E-state index >= 15 is 0 Å². The van der Waals surface area contributed by atoms with Gasteiger partial charge in [-0.3, -0.25) is 15.0 Å². The second-order valence-electron chi connectivity index (χ2n) is 5.82. The summed E-state index contributed by atoms with van der Waals surface area (Å²) in [5.41, 5.74) is 6.36. The van der Waals surface area contributed by atoms with Gasteiger partial charge in [-0.05, 0) is 43.2 Å². The summed E-state index contributed by atoms with van der Waals surface area (Å²) in [6.07, 6.45) is 5.47. The number of aromatic hydroxyl groups is 1. The third-order valence-electron chi connectivity index (χ3n) is 3.81. The molecule has 2 N–H and O–H groups in total. The number of phenolic OH excluding ortho intramolecular Hbond substituents is 1. The third-order valence-corrected chi connectivity index (χ3v) is 3.81. The quantitative estimate of drug-likeness (QED) is 0.550. The predicted molar refractivity (Wildman–Crippen MR) is 97.5 cm³/mol. The summed E-state index contributed by atoms with van der Waals surface area (Å²) >= 11 is 0. The molecule has 134 valence electrons. The molecule has 8 heteroatoms. The number of phenols is 1. The average Bonchev–Trinajstić information content (AvgIpc) is 3.11. The molecule has 0 aliphatic heterocycles. The highest BCUT2D eigenvalue weighted by Gasteiger charge is 2.12. The van der Waals surface area contributed by atoms with Gasteiger partial charge in [-0.1, -0.05) is 0 Å². The molecule has 0 atom stereocenters. The highest BCUT2D eigenvalue weighted by atomic mass is 16.6. The van der Waals surface area contributed by atoms with Crippen LogP contribution in [0.25, 0.3) is 0 Å². The molecule has 0 fully saturated rings. The molecule has 26 heavy (non-hydrogen) atoms. The van der Waals surface area contributed by atoms with E-state index in [1.165, 1.54) is 23.2 Å². The van der Waals surface area contributed by atoms with E-state index in [-0.39, 0.29) is 11.6 Å². The topological polar surface area (TPSA) is 92.5 Å². The Morgan fingerprint density at radius 1 is 1.27 bits per heavy atom. The average molecular weight is 353 g/mol. The van der Waals surface area contributed by atoms with E-state index in [0.717, 1.165) is 22.5 Å². The van der Waals surface area contributed by atoms with E-state index in [1.807, 2.05) is 33.0 Å². The minimum absolute atomic E-state index is 0.182. The molecule has 0 aliphatic carbocycles. The van der Waals surface area contributed by atoms with Crippen molar-refractivity contribution < 1.29 is 14.6 Å². The first-order valence-electron chi connectivity index (χ1n) is 7.91. The smallest absolute Gasteiger partial charge is 0.424 e. The van der Waals surface area contributed by atoms with Crippen molar-refractivity contribution in [2.24, 2.45) is 0 Å². The zero-order chi connectivity index (χ0) is 18.7. The number of nitrogens with zero attached hydrogens (tertiary/aromatic N) is 4. The number of aromatic nitrogens is 3. The maximum atomic E-state index is 12.1. The zero-order valence-electron chi connectivity index (χ0n) is 14.7. The molecular formula is C18H19N5O3. The van der Waals surface area contributed by atoms with Crippen molar-refractivity contribution in [1.29, 1.82) is 0 Å². The van der Waals surface area contributed by atoms with Crippen molar-refractivity contribution in [3.63, 3.8) is 0 Å². The minimum Gasteiger partial charge on any atom is -0.507 e. The van der Waals surface area contributed by atoms with Gasteiger partial charge in [0.2, 0.25) is 5.88 Å². The van der Waals surface area contributed by atoms with Gasteiger partial charge < -0.3 is 9.84 Å². The highest BCUT2D eigenvalue weighted by molar-refractivity contribution is 5.74. The molecule has 3 aromatic rings. The Balaban J connectivity index is 1.70. The Hall–Kier alpha value is -3.55. The van der Waals surface area contributed by atoms with Gasteiger partial charge in [0, 0.05) is 31.7 Å². The summed E-state index contributed by atoms with van der Waals surface area (Å²) in [6.45, 7) is 3.68. The molecule has 0 saturated heterocycles. The molecule has 0 unspecified atom stereocenters. The second-order valence-corrected chi connectivity index (χ2v) is 5.82. The molecule has 2 heterocycles. The first kappa shape index (κ1) is 17.3. The van der Waals surface area contributed by atoms with Crippen LogP contribution in [0, 0.1) is 13.8 Å². The Kier molecular flexibility index (Phi) is 4.74. The normalized spacial score (nSPS) is 10.4. The van der Waals surface area contributed by atoms with Gasteiger partial charge in [-0.15, -0.1) is 0 Å². The third kappa shape index (κ3) is 3.75. The van der Waals surface area contributed by atoms with Crippen LogP contribution in [0.4, 0.5) is 16.2 Å². The maximum absolute atomic E-state index is 12.1. The lowest BCUT2D eigenvalue weighted by Gasteiger charge is -2.21. The number of carbonyl (C=O) groups is 1. The molecule has 0 radical (unpaired) electrons. The number of carbonyl (C=O) groups excluding carboxylic acids is 1. The second kappa shape index (κ2) is 7.14. The highest BCUT2D eigenvalue weighted by Crippen LogP contribution is 2.26. The lowest BCUT2D eigenvalue weighted by Crippen LogP contribution is -2.24. The lowest BCUT2D eigenvalue weighted by molar-refractivity contribution is 0.200. The van der Waals surface area contributed by atoms with E-state index in [0.29, 0.717) is 0 Å². The first-order valence-corrected chi connectivity index (χ1v) is 7.91. The predicted octanol–water partition coefficient (Wildman–Crippen LogP) is 3.11. The molecule has 0 aliphatic rings. The van der Waals surface area contributed by atoms with E-state index in [9.17, 15) is 9.90 Å². The molecule has 0 saturated carbocycles. The Morgan fingerprint density at radius 3 is 2.65 bits per heavy atom. The lowest BCUT2D eigenvalue weighted by atomic mass is 10.1. The van der Waals surface area contributed by atoms with E-state index in [2.05, 4.69) is 15.4 Å². The summed E-state index contributed by atoms with van der Waals surface area (Å²) in [5, 5.41) is 11.6. The van der Waals surface area contributed by atoms with E-state index in [1.54, 1.807) is 23.5 Å². The number of ether oxygens (including phenoxy) is 1. The van der Waals surface area contributed by atoms with Gasteiger partial charge in [0.05, 0.1) is 11.4 Å².